The third kappa shape index (κ3) is 4.58. The maximum absolute atomic E-state index is 13.4. The van der Waals surface area contributed by atoms with E-state index in [-0.39, 0.29) is 5.82 Å². The number of thiazole rings is 1. The highest BCUT2D eigenvalue weighted by Crippen LogP contribution is 2.21. The molecule has 0 amide bonds. The number of nitrogens with one attached hydrogen (secondary N) is 1. The van der Waals surface area contributed by atoms with E-state index in [0.29, 0.717) is 24.8 Å². The third-order valence-electron chi connectivity index (χ3n) is 2.75. The molecule has 3 nitrogen and oxygen atoms in total. The molecule has 20 heavy (non-hydrogen) atoms. The molecule has 0 fully saturated rings. The van der Waals surface area contributed by atoms with Crippen LogP contribution in [-0.4, -0.2) is 11.5 Å². The average Bonchev–Trinajstić information content (AvgIpc) is 2.90. The number of aromatic nitrogens is 1. The van der Waals surface area contributed by atoms with Crippen molar-refractivity contribution in [1.82, 2.24) is 10.3 Å². The van der Waals surface area contributed by atoms with E-state index in [2.05, 4.69) is 24.1 Å². The van der Waals surface area contributed by atoms with Gasteiger partial charge < -0.3 is 10.1 Å². The SMILES string of the molecule is CC(C)CNCc1cc(F)ccc1OCc1cscn1. The standard InChI is InChI=1S/C15H19FN2OS/c1-11(2)6-17-7-12-5-13(16)3-4-15(12)19-8-14-9-20-10-18-14/h3-5,9-11,17H,6-8H2,1-2H3. The van der Waals surface area contributed by atoms with Gasteiger partial charge in [-0.3, -0.25) is 0 Å². The summed E-state index contributed by atoms with van der Waals surface area (Å²) >= 11 is 1.53. The van der Waals surface area contributed by atoms with E-state index < -0.39 is 0 Å². The van der Waals surface area contributed by atoms with Crippen LogP contribution in [0.25, 0.3) is 0 Å². The Balaban J connectivity index is 1.99. The molecule has 0 aliphatic rings. The normalized spacial score (nSPS) is 11.0. The van der Waals surface area contributed by atoms with Gasteiger partial charge in [0, 0.05) is 17.5 Å². The summed E-state index contributed by atoms with van der Waals surface area (Å²) < 4.78 is 19.1. The first-order chi connectivity index (χ1) is 9.65. The Labute approximate surface area is 122 Å². The fraction of sp³-hybridized carbons (Fsp3) is 0.400. The highest BCUT2D eigenvalue weighted by Gasteiger charge is 2.07. The summed E-state index contributed by atoms with van der Waals surface area (Å²) in [5, 5.41) is 5.25. The predicted octanol–water partition coefficient (Wildman–Crippen LogP) is 3.61. The second-order valence-electron chi connectivity index (χ2n) is 5.05. The van der Waals surface area contributed by atoms with E-state index in [1.54, 1.807) is 11.6 Å². The zero-order valence-electron chi connectivity index (χ0n) is 11.7. The lowest BCUT2D eigenvalue weighted by molar-refractivity contribution is 0.297. The Kier molecular flexibility index (Phi) is 5.49. The van der Waals surface area contributed by atoms with Crippen LogP contribution in [0.15, 0.2) is 29.1 Å². The van der Waals surface area contributed by atoms with Crippen molar-refractivity contribution in [3.8, 4) is 5.75 Å². The van der Waals surface area contributed by atoms with Crippen LogP contribution in [0, 0.1) is 11.7 Å². The van der Waals surface area contributed by atoms with Crippen LogP contribution in [0.3, 0.4) is 0 Å². The molecule has 0 saturated carbocycles. The molecule has 1 N–H and O–H groups in total. The predicted molar refractivity (Wildman–Crippen MR) is 79.4 cm³/mol. The largest absolute Gasteiger partial charge is 0.487 e. The van der Waals surface area contributed by atoms with E-state index in [9.17, 15) is 4.39 Å². The maximum atomic E-state index is 13.4. The van der Waals surface area contributed by atoms with E-state index in [1.807, 2.05) is 5.38 Å². The topological polar surface area (TPSA) is 34.1 Å². The number of hydrogen-bond donors (Lipinski definition) is 1. The summed E-state index contributed by atoms with van der Waals surface area (Å²) in [7, 11) is 0. The van der Waals surface area contributed by atoms with E-state index in [1.165, 1.54) is 23.5 Å². The zero-order chi connectivity index (χ0) is 14.4. The van der Waals surface area contributed by atoms with Gasteiger partial charge in [-0.2, -0.15) is 0 Å². The van der Waals surface area contributed by atoms with Gasteiger partial charge >= 0.3 is 0 Å². The molecule has 0 bridgehead atoms. The molecule has 1 aromatic heterocycles. The Hall–Kier alpha value is -1.46. The Morgan fingerprint density at radius 1 is 1.40 bits per heavy atom. The van der Waals surface area contributed by atoms with Gasteiger partial charge in [0.25, 0.3) is 0 Å². The van der Waals surface area contributed by atoms with Gasteiger partial charge in [-0.15, -0.1) is 11.3 Å². The van der Waals surface area contributed by atoms with E-state index >= 15 is 0 Å². The minimum absolute atomic E-state index is 0.243. The molecule has 0 radical (unpaired) electrons. The molecule has 0 spiro atoms. The lowest BCUT2D eigenvalue weighted by Gasteiger charge is -2.13. The number of ether oxygens (including phenoxy) is 1. The molecule has 5 heteroatoms. The molecular weight excluding hydrogens is 275 g/mol. The maximum Gasteiger partial charge on any atom is 0.131 e. The number of halogens is 1. The second kappa shape index (κ2) is 7.36. The van der Waals surface area contributed by atoms with Crippen molar-refractivity contribution >= 4 is 11.3 Å². The van der Waals surface area contributed by atoms with Crippen LogP contribution >= 0.6 is 11.3 Å². The molecule has 0 atom stereocenters. The van der Waals surface area contributed by atoms with Gasteiger partial charge in [-0.05, 0) is 30.7 Å². The summed E-state index contributed by atoms with van der Waals surface area (Å²) in [5.41, 5.74) is 3.50. The van der Waals surface area contributed by atoms with Gasteiger partial charge in [0.15, 0.2) is 0 Å². The first-order valence-electron chi connectivity index (χ1n) is 6.64. The smallest absolute Gasteiger partial charge is 0.131 e. The molecule has 108 valence electrons. The number of rotatable bonds is 7. The van der Waals surface area contributed by atoms with Crippen LogP contribution in [0.4, 0.5) is 4.39 Å². The molecule has 0 aliphatic heterocycles. The van der Waals surface area contributed by atoms with Gasteiger partial charge in [0.05, 0.1) is 11.2 Å². The van der Waals surface area contributed by atoms with Gasteiger partial charge in [0.1, 0.15) is 18.2 Å². The quantitative estimate of drug-likeness (QED) is 0.847. The van der Waals surface area contributed by atoms with Gasteiger partial charge in [0.2, 0.25) is 0 Å². The first kappa shape index (κ1) is 14.9. The van der Waals surface area contributed by atoms with Crippen molar-refractivity contribution < 1.29 is 9.13 Å². The minimum Gasteiger partial charge on any atom is -0.487 e. The van der Waals surface area contributed by atoms with Gasteiger partial charge in [-0.25, -0.2) is 9.37 Å². The molecule has 1 aromatic carbocycles. The number of hydrogen-bond acceptors (Lipinski definition) is 4. The number of benzene rings is 1. The lowest BCUT2D eigenvalue weighted by Crippen LogP contribution is -2.19. The van der Waals surface area contributed by atoms with Gasteiger partial charge in [-0.1, -0.05) is 13.8 Å². The summed E-state index contributed by atoms with van der Waals surface area (Å²) in [6.07, 6.45) is 0. The van der Waals surface area contributed by atoms with Crippen molar-refractivity contribution in [2.75, 3.05) is 6.54 Å². The molecule has 2 rings (SSSR count). The van der Waals surface area contributed by atoms with Crippen LogP contribution in [-0.2, 0) is 13.2 Å². The molecule has 0 saturated heterocycles. The Morgan fingerprint density at radius 2 is 2.25 bits per heavy atom. The fourth-order valence-electron chi connectivity index (χ4n) is 1.78. The summed E-state index contributed by atoms with van der Waals surface area (Å²) in [6, 6.07) is 4.61. The second-order valence-corrected chi connectivity index (χ2v) is 5.76. The number of nitrogens with zero attached hydrogens (tertiary/aromatic N) is 1. The highest BCUT2D eigenvalue weighted by atomic mass is 32.1. The van der Waals surface area contributed by atoms with E-state index in [4.69, 9.17) is 4.74 Å². The van der Waals surface area contributed by atoms with Crippen molar-refractivity contribution in [2.45, 2.75) is 27.0 Å². The Bertz CT molecular complexity index is 529. The zero-order valence-corrected chi connectivity index (χ0v) is 12.5. The summed E-state index contributed by atoms with van der Waals surface area (Å²) in [5.74, 6) is 1.02. The minimum atomic E-state index is -0.243. The molecule has 1 heterocycles. The highest BCUT2D eigenvalue weighted by molar-refractivity contribution is 7.07. The van der Waals surface area contributed by atoms with Crippen molar-refractivity contribution in [1.29, 1.82) is 0 Å². The first-order valence-corrected chi connectivity index (χ1v) is 7.58. The van der Waals surface area contributed by atoms with Crippen molar-refractivity contribution in [3.05, 3.63) is 46.2 Å². The summed E-state index contributed by atoms with van der Waals surface area (Å²) in [6.45, 7) is 6.17. The lowest BCUT2D eigenvalue weighted by atomic mass is 10.1. The third-order valence-corrected chi connectivity index (χ3v) is 3.38. The molecule has 0 aliphatic carbocycles. The van der Waals surface area contributed by atoms with Crippen LogP contribution < -0.4 is 10.1 Å². The summed E-state index contributed by atoms with van der Waals surface area (Å²) in [4.78, 5) is 4.17. The van der Waals surface area contributed by atoms with Crippen molar-refractivity contribution in [2.24, 2.45) is 5.92 Å². The average molecular weight is 294 g/mol. The van der Waals surface area contributed by atoms with Crippen LogP contribution in [0.1, 0.15) is 25.1 Å². The van der Waals surface area contributed by atoms with E-state index in [0.717, 1.165) is 17.8 Å². The fourth-order valence-corrected chi connectivity index (χ4v) is 2.33. The molecule has 0 unspecified atom stereocenters. The Morgan fingerprint density at radius 3 is 2.95 bits per heavy atom. The monoisotopic (exact) mass is 294 g/mol. The van der Waals surface area contributed by atoms with Crippen LogP contribution in [0.5, 0.6) is 5.75 Å². The molecule has 2 aromatic rings. The van der Waals surface area contributed by atoms with Crippen molar-refractivity contribution in [3.63, 3.8) is 0 Å². The van der Waals surface area contributed by atoms with Crippen LogP contribution in [0.2, 0.25) is 0 Å². The molecular formula is C15H19FN2OS.